The maximum Gasteiger partial charge on any atom is 0.234 e. The summed E-state index contributed by atoms with van der Waals surface area (Å²) in [5, 5.41) is 2.85. The number of ether oxygens (including phenoxy) is 1. The minimum Gasteiger partial charge on any atom is -0.497 e. The largest absolute Gasteiger partial charge is 0.497 e. The SMILES string of the molecule is COc1ccc(NC(=O)CSc2ccc(N)c(C)c2)cc1. The predicted octanol–water partition coefficient (Wildman–Crippen LogP) is 3.32. The van der Waals surface area contributed by atoms with Gasteiger partial charge in [-0.2, -0.15) is 0 Å². The molecule has 0 bridgehead atoms. The van der Waals surface area contributed by atoms with E-state index in [-0.39, 0.29) is 5.91 Å². The van der Waals surface area contributed by atoms with E-state index in [9.17, 15) is 4.79 Å². The molecule has 4 nitrogen and oxygen atoms in total. The van der Waals surface area contributed by atoms with Crippen LogP contribution in [-0.2, 0) is 4.79 Å². The molecule has 21 heavy (non-hydrogen) atoms. The van der Waals surface area contributed by atoms with Crippen molar-refractivity contribution >= 4 is 29.0 Å². The first-order chi connectivity index (χ1) is 10.1. The van der Waals surface area contributed by atoms with E-state index in [2.05, 4.69) is 5.32 Å². The number of nitrogen functional groups attached to an aromatic ring is 1. The average Bonchev–Trinajstić information content (AvgIpc) is 2.49. The third-order valence-corrected chi connectivity index (χ3v) is 3.98. The van der Waals surface area contributed by atoms with Crippen LogP contribution in [0.15, 0.2) is 47.4 Å². The Balaban J connectivity index is 1.87. The van der Waals surface area contributed by atoms with E-state index < -0.39 is 0 Å². The monoisotopic (exact) mass is 302 g/mol. The Bertz CT molecular complexity index is 627. The highest BCUT2D eigenvalue weighted by atomic mass is 32.2. The van der Waals surface area contributed by atoms with E-state index in [0.29, 0.717) is 5.75 Å². The summed E-state index contributed by atoms with van der Waals surface area (Å²) in [6.07, 6.45) is 0. The summed E-state index contributed by atoms with van der Waals surface area (Å²) in [6, 6.07) is 13.0. The number of hydrogen-bond donors (Lipinski definition) is 2. The van der Waals surface area contributed by atoms with Gasteiger partial charge in [0.05, 0.1) is 12.9 Å². The molecule has 0 atom stereocenters. The Hall–Kier alpha value is -2.14. The van der Waals surface area contributed by atoms with Crippen LogP contribution < -0.4 is 15.8 Å². The zero-order chi connectivity index (χ0) is 15.2. The number of aryl methyl sites for hydroxylation is 1. The van der Waals surface area contributed by atoms with E-state index in [0.717, 1.165) is 27.6 Å². The lowest BCUT2D eigenvalue weighted by Crippen LogP contribution is -2.13. The molecular weight excluding hydrogens is 284 g/mol. The Labute approximate surface area is 128 Å². The van der Waals surface area contributed by atoms with Crippen LogP contribution >= 0.6 is 11.8 Å². The molecule has 2 aromatic rings. The van der Waals surface area contributed by atoms with Crippen molar-refractivity contribution in [1.29, 1.82) is 0 Å². The Morgan fingerprint density at radius 3 is 2.57 bits per heavy atom. The van der Waals surface area contributed by atoms with Gasteiger partial charge < -0.3 is 15.8 Å². The third-order valence-electron chi connectivity index (χ3n) is 2.98. The molecule has 0 spiro atoms. The maximum atomic E-state index is 11.9. The molecule has 0 saturated carbocycles. The molecule has 110 valence electrons. The number of nitrogens with two attached hydrogens (primary N) is 1. The average molecular weight is 302 g/mol. The molecule has 2 rings (SSSR count). The topological polar surface area (TPSA) is 64.3 Å². The van der Waals surface area contributed by atoms with Crippen LogP contribution in [0.5, 0.6) is 5.75 Å². The fraction of sp³-hybridized carbons (Fsp3) is 0.188. The molecule has 3 N–H and O–H groups in total. The quantitative estimate of drug-likeness (QED) is 0.657. The minimum absolute atomic E-state index is 0.0420. The van der Waals surface area contributed by atoms with Crippen LogP contribution in [0.3, 0.4) is 0 Å². The zero-order valence-electron chi connectivity index (χ0n) is 12.1. The van der Waals surface area contributed by atoms with Gasteiger partial charge in [0.25, 0.3) is 0 Å². The summed E-state index contributed by atoms with van der Waals surface area (Å²) >= 11 is 1.49. The first-order valence-corrected chi connectivity index (χ1v) is 7.50. The zero-order valence-corrected chi connectivity index (χ0v) is 12.9. The Morgan fingerprint density at radius 2 is 1.95 bits per heavy atom. The van der Waals surface area contributed by atoms with E-state index >= 15 is 0 Å². The molecule has 0 fully saturated rings. The van der Waals surface area contributed by atoms with Crippen molar-refractivity contribution in [1.82, 2.24) is 0 Å². The molecule has 0 aliphatic rings. The molecule has 5 heteroatoms. The van der Waals surface area contributed by atoms with Gasteiger partial charge in [0.15, 0.2) is 0 Å². The molecular formula is C16H18N2O2S. The Morgan fingerprint density at radius 1 is 1.24 bits per heavy atom. The highest BCUT2D eigenvalue weighted by Gasteiger charge is 2.05. The van der Waals surface area contributed by atoms with E-state index in [4.69, 9.17) is 10.5 Å². The van der Waals surface area contributed by atoms with Crippen molar-refractivity contribution in [2.24, 2.45) is 0 Å². The van der Waals surface area contributed by atoms with Gasteiger partial charge >= 0.3 is 0 Å². The normalized spacial score (nSPS) is 10.2. The van der Waals surface area contributed by atoms with E-state index in [1.165, 1.54) is 11.8 Å². The molecule has 0 radical (unpaired) electrons. The van der Waals surface area contributed by atoms with Crippen molar-refractivity contribution < 1.29 is 9.53 Å². The second-order valence-electron chi connectivity index (χ2n) is 4.58. The van der Waals surface area contributed by atoms with Crippen LogP contribution in [0, 0.1) is 6.92 Å². The van der Waals surface area contributed by atoms with Crippen LogP contribution in [-0.4, -0.2) is 18.8 Å². The number of carbonyl (C=O) groups is 1. The molecule has 0 heterocycles. The number of hydrogen-bond acceptors (Lipinski definition) is 4. The summed E-state index contributed by atoms with van der Waals surface area (Å²) < 4.78 is 5.07. The number of nitrogens with one attached hydrogen (secondary N) is 1. The van der Waals surface area contributed by atoms with Crippen molar-refractivity contribution in [2.75, 3.05) is 23.9 Å². The van der Waals surface area contributed by atoms with Crippen molar-refractivity contribution in [3.05, 3.63) is 48.0 Å². The lowest BCUT2D eigenvalue weighted by molar-refractivity contribution is -0.113. The van der Waals surface area contributed by atoms with Crippen LogP contribution in [0.25, 0.3) is 0 Å². The Kier molecular flexibility index (Phi) is 5.11. The van der Waals surface area contributed by atoms with Crippen LogP contribution in [0.1, 0.15) is 5.56 Å². The van der Waals surface area contributed by atoms with E-state index in [1.807, 2.05) is 49.4 Å². The second kappa shape index (κ2) is 7.04. The smallest absolute Gasteiger partial charge is 0.234 e. The standard InChI is InChI=1S/C16H18N2O2S/c1-11-9-14(7-8-15(11)17)21-10-16(19)18-12-3-5-13(20-2)6-4-12/h3-9H,10,17H2,1-2H3,(H,18,19). The molecule has 2 aromatic carbocycles. The van der Waals surface area contributed by atoms with Crippen molar-refractivity contribution in [2.45, 2.75) is 11.8 Å². The summed E-state index contributed by atoms with van der Waals surface area (Å²) in [7, 11) is 1.61. The van der Waals surface area contributed by atoms with Gasteiger partial charge in [0.2, 0.25) is 5.91 Å². The van der Waals surface area contributed by atoms with Gasteiger partial charge in [-0.25, -0.2) is 0 Å². The van der Waals surface area contributed by atoms with Crippen molar-refractivity contribution in [3.8, 4) is 5.75 Å². The van der Waals surface area contributed by atoms with Crippen LogP contribution in [0.4, 0.5) is 11.4 Å². The molecule has 0 saturated heterocycles. The van der Waals surface area contributed by atoms with Gasteiger partial charge in [0, 0.05) is 16.3 Å². The molecule has 0 unspecified atom stereocenters. The lowest BCUT2D eigenvalue weighted by Gasteiger charge is -2.07. The summed E-state index contributed by atoms with van der Waals surface area (Å²) in [5.74, 6) is 1.08. The summed E-state index contributed by atoms with van der Waals surface area (Å²) in [6.45, 7) is 1.96. The number of anilines is 2. The highest BCUT2D eigenvalue weighted by Crippen LogP contribution is 2.23. The molecule has 1 amide bonds. The predicted molar refractivity (Wildman–Crippen MR) is 87.9 cm³/mol. The minimum atomic E-state index is -0.0420. The fourth-order valence-electron chi connectivity index (χ4n) is 1.76. The van der Waals surface area contributed by atoms with Crippen molar-refractivity contribution in [3.63, 3.8) is 0 Å². The van der Waals surface area contributed by atoms with Gasteiger partial charge in [-0.05, 0) is 55.0 Å². The molecule has 0 aliphatic carbocycles. The second-order valence-corrected chi connectivity index (χ2v) is 5.63. The number of carbonyl (C=O) groups excluding carboxylic acids is 1. The van der Waals surface area contributed by atoms with Crippen LogP contribution in [0.2, 0.25) is 0 Å². The molecule has 0 aliphatic heterocycles. The third kappa shape index (κ3) is 4.43. The number of thioether (sulfide) groups is 1. The van der Waals surface area contributed by atoms with E-state index in [1.54, 1.807) is 7.11 Å². The van der Waals surface area contributed by atoms with Gasteiger partial charge in [-0.15, -0.1) is 11.8 Å². The maximum absolute atomic E-state index is 11.9. The van der Waals surface area contributed by atoms with Gasteiger partial charge in [-0.1, -0.05) is 0 Å². The number of rotatable bonds is 5. The van der Waals surface area contributed by atoms with Gasteiger partial charge in [0.1, 0.15) is 5.75 Å². The van der Waals surface area contributed by atoms with Gasteiger partial charge in [-0.3, -0.25) is 4.79 Å². The number of methoxy groups -OCH3 is 1. The highest BCUT2D eigenvalue weighted by molar-refractivity contribution is 8.00. The summed E-state index contributed by atoms with van der Waals surface area (Å²) in [4.78, 5) is 12.9. The fourth-order valence-corrected chi connectivity index (χ4v) is 2.55. The lowest BCUT2D eigenvalue weighted by atomic mass is 10.2. The number of benzene rings is 2. The summed E-state index contributed by atoms with van der Waals surface area (Å²) in [5.41, 5.74) is 8.32. The number of amides is 1. The molecule has 0 aromatic heterocycles. The first-order valence-electron chi connectivity index (χ1n) is 6.51. The first kappa shape index (κ1) is 15.3.